The third kappa shape index (κ3) is 3.09. The lowest BCUT2D eigenvalue weighted by Gasteiger charge is -2.36. The number of hydroxylamine groups is 2. The number of hydrogen-bond acceptors (Lipinski definition) is 5. The fourth-order valence-corrected chi connectivity index (χ4v) is 6.37. The van der Waals surface area contributed by atoms with Crippen molar-refractivity contribution in [1.29, 1.82) is 10.5 Å². The fourth-order valence-electron chi connectivity index (χ4n) is 6.37. The molecule has 1 spiro atoms. The molecule has 0 aromatic heterocycles. The molecule has 2 aliphatic rings. The van der Waals surface area contributed by atoms with Gasteiger partial charge >= 0.3 is 0 Å². The van der Waals surface area contributed by atoms with Crippen molar-refractivity contribution >= 4 is 11.6 Å². The molecule has 0 unspecified atom stereocenters. The number of para-hydroxylation sites is 1. The van der Waals surface area contributed by atoms with Crippen LogP contribution in [-0.2, 0) is 16.9 Å². The molecule has 1 saturated heterocycles. The molecule has 3 atom stereocenters. The molecule has 1 amide bonds. The highest BCUT2D eigenvalue weighted by Gasteiger charge is 2.75. The molecular weight excluding hydrogens is 472 g/mol. The Kier molecular flexibility index (Phi) is 5.58. The first-order chi connectivity index (χ1) is 18.6. The lowest BCUT2D eigenvalue weighted by molar-refractivity contribution is -0.189. The first-order valence-electron chi connectivity index (χ1n) is 12.5. The smallest absolute Gasteiger partial charge is 0.255 e. The number of amides is 1. The quantitative estimate of drug-likeness (QED) is 0.392. The average Bonchev–Trinajstić information content (AvgIpc) is 3.36. The molecule has 6 nitrogen and oxygen atoms in total. The van der Waals surface area contributed by atoms with Gasteiger partial charge in [0.25, 0.3) is 5.91 Å². The minimum Gasteiger partial charge on any atom is -0.312 e. The Morgan fingerprint density at radius 2 is 1.26 bits per heavy atom. The number of hydrogen-bond donors (Lipinski definition) is 1. The molecule has 0 radical (unpaired) electrons. The summed E-state index contributed by atoms with van der Waals surface area (Å²) in [5.41, 5.74) is -0.0920. The zero-order valence-electron chi connectivity index (χ0n) is 20.5. The van der Waals surface area contributed by atoms with Crippen molar-refractivity contribution < 1.29 is 10.0 Å². The van der Waals surface area contributed by atoms with E-state index in [1.807, 2.05) is 91.0 Å². The molecular formula is C32H24N4O2. The topological polar surface area (TPSA) is 91.4 Å². The van der Waals surface area contributed by atoms with Gasteiger partial charge in [0.2, 0.25) is 0 Å². The number of anilines is 1. The maximum atomic E-state index is 14.8. The van der Waals surface area contributed by atoms with E-state index in [4.69, 9.17) is 0 Å². The van der Waals surface area contributed by atoms with Gasteiger partial charge in [0.05, 0.1) is 30.6 Å². The van der Waals surface area contributed by atoms with Gasteiger partial charge in [-0.05, 0) is 22.8 Å². The van der Waals surface area contributed by atoms with Crippen LogP contribution in [0.4, 0.5) is 5.69 Å². The zero-order valence-corrected chi connectivity index (χ0v) is 20.5. The highest BCUT2D eigenvalue weighted by molar-refractivity contribution is 6.09. The van der Waals surface area contributed by atoms with Gasteiger partial charge in [-0.25, -0.2) is 0 Å². The van der Waals surface area contributed by atoms with E-state index in [0.717, 1.165) is 10.6 Å². The number of rotatable bonds is 4. The van der Waals surface area contributed by atoms with Crippen LogP contribution in [-0.4, -0.2) is 16.2 Å². The van der Waals surface area contributed by atoms with Crippen LogP contribution in [0.1, 0.15) is 34.2 Å². The maximum absolute atomic E-state index is 14.8. The summed E-state index contributed by atoms with van der Waals surface area (Å²) >= 11 is 0. The van der Waals surface area contributed by atoms with Crippen molar-refractivity contribution in [2.24, 2.45) is 5.41 Å². The highest BCUT2D eigenvalue weighted by atomic mass is 16.5. The van der Waals surface area contributed by atoms with E-state index in [1.165, 1.54) is 0 Å². The minimum absolute atomic E-state index is 0.288. The number of nitrogens with zero attached hydrogens (tertiary/aromatic N) is 4. The Balaban J connectivity index is 1.66. The van der Waals surface area contributed by atoms with Crippen molar-refractivity contribution in [1.82, 2.24) is 5.06 Å². The largest absolute Gasteiger partial charge is 0.312 e. The van der Waals surface area contributed by atoms with Crippen molar-refractivity contribution in [2.45, 2.75) is 24.0 Å². The van der Waals surface area contributed by atoms with E-state index in [1.54, 1.807) is 29.2 Å². The number of fused-ring (bicyclic) bond motifs is 2. The molecule has 184 valence electrons. The van der Waals surface area contributed by atoms with Gasteiger partial charge in [-0.15, -0.1) is 0 Å². The summed E-state index contributed by atoms with van der Waals surface area (Å²) in [6, 6.07) is 38.7. The van der Waals surface area contributed by atoms with Crippen LogP contribution >= 0.6 is 0 Å². The Morgan fingerprint density at radius 3 is 1.87 bits per heavy atom. The second-order valence-electron chi connectivity index (χ2n) is 9.75. The molecule has 4 aromatic rings. The highest BCUT2D eigenvalue weighted by Crippen LogP contribution is 2.68. The number of carbonyl (C=O) groups excluding carboxylic acids is 1. The normalized spacial score (nSPS) is 23.7. The van der Waals surface area contributed by atoms with Gasteiger partial charge in [-0.2, -0.15) is 15.6 Å². The van der Waals surface area contributed by atoms with Gasteiger partial charge in [-0.1, -0.05) is 109 Å². The van der Waals surface area contributed by atoms with Crippen LogP contribution in [0.5, 0.6) is 0 Å². The second-order valence-corrected chi connectivity index (χ2v) is 9.75. The Morgan fingerprint density at radius 1 is 0.737 bits per heavy atom. The third-order valence-corrected chi connectivity index (χ3v) is 7.89. The summed E-state index contributed by atoms with van der Waals surface area (Å²) in [5.74, 6) is -1.34. The van der Waals surface area contributed by atoms with Crippen LogP contribution in [0.2, 0.25) is 0 Å². The molecule has 38 heavy (non-hydrogen) atoms. The molecule has 6 heteroatoms. The number of benzene rings is 4. The van der Waals surface area contributed by atoms with Gasteiger partial charge in [0, 0.05) is 11.3 Å². The molecule has 0 saturated carbocycles. The first-order valence-corrected chi connectivity index (χ1v) is 12.5. The lowest BCUT2D eigenvalue weighted by atomic mass is 9.63. The van der Waals surface area contributed by atoms with Crippen LogP contribution in [0.15, 0.2) is 115 Å². The lowest BCUT2D eigenvalue weighted by Crippen LogP contribution is -2.51. The van der Waals surface area contributed by atoms with E-state index < -0.39 is 22.9 Å². The molecule has 1 N–H and O–H groups in total. The Bertz CT molecular complexity index is 1560. The van der Waals surface area contributed by atoms with E-state index in [2.05, 4.69) is 12.1 Å². The van der Waals surface area contributed by atoms with E-state index in [-0.39, 0.29) is 12.5 Å². The van der Waals surface area contributed by atoms with Crippen LogP contribution < -0.4 is 4.90 Å². The standard InChI is InChI=1S/C32H24N4O2/c33-21-31(22-34)28(24-14-6-2-7-15-24)32(36(38)29(31)25-16-8-3-9-17-25)26-18-10-11-19-27(26)35(30(32)37)20-23-12-4-1-5-13-23/h1-19,28-29,38H,20H2/t28-,29-,32+/m1/s1. The second kappa shape index (κ2) is 8.97. The van der Waals surface area contributed by atoms with Crippen LogP contribution in [0.3, 0.4) is 0 Å². The summed E-state index contributed by atoms with van der Waals surface area (Å²) in [6.07, 6.45) is 0. The van der Waals surface area contributed by atoms with Crippen molar-refractivity contribution in [3.05, 3.63) is 138 Å². The molecule has 6 rings (SSSR count). The predicted molar refractivity (Wildman–Crippen MR) is 141 cm³/mol. The average molecular weight is 497 g/mol. The van der Waals surface area contributed by atoms with E-state index in [9.17, 15) is 20.5 Å². The zero-order chi connectivity index (χ0) is 26.3. The summed E-state index contributed by atoms with van der Waals surface area (Å²) in [5, 5.41) is 34.7. The number of carbonyl (C=O) groups is 1. The predicted octanol–water partition coefficient (Wildman–Crippen LogP) is 5.69. The summed E-state index contributed by atoms with van der Waals surface area (Å²) in [7, 11) is 0. The van der Waals surface area contributed by atoms with Crippen LogP contribution in [0.25, 0.3) is 0 Å². The minimum atomic E-state index is -1.77. The molecule has 0 aliphatic carbocycles. The van der Waals surface area contributed by atoms with Gasteiger partial charge in [-0.3, -0.25) is 4.79 Å². The number of nitriles is 2. The van der Waals surface area contributed by atoms with Crippen LogP contribution in [0, 0.1) is 28.1 Å². The summed E-state index contributed by atoms with van der Waals surface area (Å²) < 4.78 is 0. The summed E-state index contributed by atoms with van der Waals surface area (Å²) in [6.45, 7) is 0.288. The SMILES string of the molecule is N#CC1(C#N)[C@@H](c2ccccc2)[C@@]2(C(=O)N(Cc3ccccc3)c3ccccc32)N(O)[C@@H]1c1ccccc1. The Labute approximate surface area is 221 Å². The third-order valence-electron chi connectivity index (χ3n) is 7.89. The molecule has 2 heterocycles. The van der Waals surface area contributed by atoms with Gasteiger partial charge < -0.3 is 10.1 Å². The van der Waals surface area contributed by atoms with Crippen molar-refractivity contribution in [2.75, 3.05) is 4.90 Å². The van der Waals surface area contributed by atoms with E-state index >= 15 is 0 Å². The Hall–Kier alpha value is -4.75. The molecule has 4 aromatic carbocycles. The first kappa shape index (κ1) is 23.6. The molecule has 0 bridgehead atoms. The van der Waals surface area contributed by atoms with Crippen molar-refractivity contribution in [3.63, 3.8) is 0 Å². The monoisotopic (exact) mass is 496 g/mol. The summed E-state index contributed by atoms with van der Waals surface area (Å²) in [4.78, 5) is 16.5. The maximum Gasteiger partial charge on any atom is 0.255 e. The molecule has 1 fully saturated rings. The van der Waals surface area contributed by atoms with E-state index in [0.29, 0.717) is 22.4 Å². The van der Waals surface area contributed by atoms with Gasteiger partial charge in [0.15, 0.2) is 11.0 Å². The van der Waals surface area contributed by atoms with Gasteiger partial charge in [0.1, 0.15) is 0 Å². The molecule has 2 aliphatic heterocycles. The van der Waals surface area contributed by atoms with Crippen molar-refractivity contribution in [3.8, 4) is 12.1 Å². The fraction of sp³-hybridized carbons (Fsp3) is 0.156.